The highest BCUT2D eigenvalue weighted by molar-refractivity contribution is 5.23. The van der Waals surface area contributed by atoms with Gasteiger partial charge in [-0.2, -0.15) is 0 Å². The van der Waals surface area contributed by atoms with E-state index in [4.69, 9.17) is 0 Å². The van der Waals surface area contributed by atoms with Crippen LogP contribution in [0.15, 0.2) is 24.3 Å². The van der Waals surface area contributed by atoms with Crippen LogP contribution in [0.5, 0.6) is 0 Å². The van der Waals surface area contributed by atoms with E-state index in [1.165, 1.54) is 24.0 Å². The Hall–Kier alpha value is -0.860. The monoisotopic (exact) mass is 262 g/mol. The van der Waals surface area contributed by atoms with Crippen LogP contribution in [-0.2, 0) is 13.1 Å². The fraction of sp³-hybridized carbons (Fsp3) is 0.647. The standard InChI is InChI=1S/C17H30N2/c1-5-11-18-13-16-9-8-10-17(12-16)14-19(7-3)15(4)6-2/h8-10,12,15,18H,5-7,11,13-14H2,1-4H3. The third-order valence-corrected chi connectivity index (χ3v) is 3.75. The van der Waals surface area contributed by atoms with Crippen LogP contribution >= 0.6 is 0 Å². The van der Waals surface area contributed by atoms with Crippen molar-refractivity contribution >= 4 is 0 Å². The van der Waals surface area contributed by atoms with Crippen LogP contribution in [0.2, 0.25) is 0 Å². The molecule has 2 nitrogen and oxygen atoms in total. The van der Waals surface area contributed by atoms with E-state index in [0.29, 0.717) is 6.04 Å². The normalized spacial score (nSPS) is 12.9. The van der Waals surface area contributed by atoms with Gasteiger partial charge in [0.1, 0.15) is 0 Å². The van der Waals surface area contributed by atoms with Gasteiger partial charge in [-0.15, -0.1) is 0 Å². The second kappa shape index (κ2) is 9.11. The van der Waals surface area contributed by atoms with Crippen molar-refractivity contribution in [2.24, 2.45) is 0 Å². The van der Waals surface area contributed by atoms with Gasteiger partial charge in [-0.25, -0.2) is 0 Å². The van der Waals surface area contributed by atoms with E-state index in [-0.39, 0.29) is 0 Å². The minimum absolute atomic E-state index is 0.659. The first-order valence-electron chi connectivity index (χ1n) is 7.73. The van der Waals surface area contributed by atoms with Crippen molar-refractivity contribution in [2.75, 3.05) is 13.1 Å². The Morgan fingerprint density at radius 3 is 2.53 bits per heavy atom. The third-order valence-electron chi connectivity index (χ3n) is 3.75. The molecule has 0 radical (unpaired) electrons. The maximum Gasteiger partial charge on any atom is 0.0236 e. The van der Waals surface area contributed by atoms with Crippen LogP contribution in [0.25, 0.3) is 0 Å². The van der Waals surface area contributed by atoms with Gasteiger partial charge < -0.3 is 5.32 Å². The molecule has 108 valence electrons. The van der Waals surface area contributed by atoms with Gasteiger partial charge in [-0.1, -0.05) is 45.0 Å². The average Bonchev–Trinajstić information content (AvgIpc) is 2.44. The predicted molar refractivity (Wildman–Crippen MR) is 84.3 cm³/mol. The van der Waals surface area contributed by atoms with Gasteiger partial charge in [0.05, 0.1) is 0 Å². The lowest BCUT2D eigenvalue weighted by Crippen LogP contribution is -2.31. The Kier molecular flexibility index (Phi) is 7.76. The van der Waals surface area contributed by atoms with E-state index in [2.05, 4.69) is 62.2 Å². The lowest BCUT2D eigenvalue weighted by atomic mass is 10.1. The van der Waals surface area contributed by atoms with Crippen molar-refractivity contribution in [1.82, 2.24) is 10.2 Å². The van der Waals surface area contributed by atoms with E-state index >= 15 is 0 Å². The van der Waals surface area contributed by atoms with Crippen LogP contribution in [0.1, 0.15) is 51.7 Å². The molecule has 0 heterocycles. The quantitative estimate of drug-likeness (QED) is 0.681. The molecule has 0 saturated carbocycles. The van der Waals surface area contributed by atoms with Crippen molar-refractivity contribution in [3.63, 3.8) is 0 Å². The number of nitrogens with zero attached hydrogens (tertiary/aromatic N) is 1. The van der Waals surface area contributed by atoms with Crippen molar-refractivity contribution < 1.29 is 0 Å². The summed E-state index contributed by atoms with van der Waals surface area (Å²) in [5.74, 6) is 0. The number of hydrogen-bond acceptors (Lipinski definition) is 2. The summed E-state index contributed by atoms with van der Waals surface area (Å²) in [5.41, 5.74) is 2.82. The molecule has 0 saturated heterocycles. The van der Waals surface area contributed by atoms with E-state index in [9.17, 15) is 0 Å². The topological polar surface area (TPSA) is 15.3 Å². The number of nitrogens with one attached hydrogen (secondary N) is 1. The molecule has 0 spiro atoms. The Bertz CT molecular complexity index is 349. The maximum absolute atomic E-state index is 3.47. The Labute approximate surface area is 119 Å². The van der Waals surface area contributed by atoms with Crippen molar-refractivity contribution in [2.45, 2.75) is 59.7 Å². The molecule has 0 amide bonds. The molecule has 1 aromatic rings. The SMILES string of the molecule is CCCNCc1cccc(CN(CC)C(C)CC)c1. The summed E-state index contributed by atoms with van der Waals surface area (Å²) in [6, 6.07) is 9.64. The molecule has 0 aliphatic heterocycles. The van der Waals surface area contributed by atoms with Gasteiger partial charge in [-0.05, 0) is 44.0 Å². The molecule has 1 atom stereocenters. The fourth-order valence-electron chi connectivity index (χ4n) is 2.32. The zero-order valence-electron chi connectivity index (χ0n) is 13.1. The second-order valence-corrected chi connectivity index (χ2v) is 5.32. The van der Waals surface area contributed by atoms with E-state index in [1.807, 2.05) is 0 Å². The van der Waals surface area contributed by atoms with E-state index in [0.717, 1.165) is 26.2 Å². The molecule has 1 rings (SSSR count). The van der Waals surface area contributed by atoms with E-state index in [1.54, 1.807) is 0 Å². The Balaban J connectivity index is 2.59. The van der Waals surface area contributed by atoms with Gasteiger partial charge in [0.2, 0.25) is 0 Å². The van der Waals surface area contributed by atoms with Gasteiger partial charge in [-0.3, -0.25) is 4.90 Å². The molecule has 1 N–H and O–H groups in total. The molecular weight excluding hydrogens is 232 g/mol. The highest BCUT2D eigenvalue weighted by atomic mass is 15.1. The molecule has 1 unspecified atom stereocenters. The van der Waals surface area contributed by atoms with Gasteiger partial charge in [0, 0.05) is 19.1 Å². The predicted octanol–water partition coefficient (Wildman–Crippen LogP) is 3.81. The van der Waals surface area contributed by atoms with Crippen LogP contribution < -0.4 is 5.32 Å². The molecule has 0 bridgehead atoms. The number of benzene rings is 1. The Morgan fingerprint density at radius 1 is 1.16 bits per heavy atom. The smallest absolute Gasteiger partial charge is 0.0236 e. The lowest BCUT2D eigenvalue weighted by molar-refractivity contribution is 0.206. The Morgan fingerprint density at radius 2 is 1.89 bits per heavy atom. The molecule has 0 aromatic heterocycles. The molecule has 0 aliphatic rings. The number of rotatable bonds is 9. The van der Waals surface area contributed by atoms with Crippen LogP contribution in [0.4, 0.5) is 0 Å². The van der Waals surface area contributed by atoms with Gasteiger partial charge in [0.15, 0.2) is 0 Å². The summed E-state index contributed by atoms with van der Waals surface area (Å²) in [6.07, 6.45) is 2.41. The average molecular weight is 262 g/mol. The first-order chi connectivity index (χ1) is 9.21. The third kappa shape index (κ3) is 5.75. The first kappa shape index (κ1) is 16.2. The summed E-state index contributed by atoms with van der Waals surface area (Å²) < 4.78 is 0. The fourth-order valence-corrected chi connectivity index (χ4v) is 2.32. The summed E-state index contributed by atoms with van der Waals surface area (Å²) >= 11 is 0. The zero-order chi connectivity index (χ0) is 14.1. The van der Waals surface area contributed by atoms with Crippen LogP contribution in [-0.4, -0.2) is 24.0 Å². The van der Waals surface area contributed by atoms with Gasteiger partial charge in [0.25, 0.3) is 0 Å². The molecule has 0 fully saturated rings. The zero-order valence-corrected chi connectivity index (χ0v) is 13.1. The lowest BCUT2D eigenvalue weighted by Gasteiger charge is -2.27. The van der Waals surface area contributed by atoms with Crippen LogP contribution in [0.3, 0.4) is 0 Å². The van der Waals surface area contributed by atoms with Crippen molar-refractivity contribution in [3.05, 3.63) is 35.4 Å². The van der Waals surface area contributed by atoms with Gasteiger partial charge >= 0.3 is 0 Å². The maximum atomic E-state index is 3.47. The molecule has 1 aromatic carbocycles. The highest BCUT2D eigenvalue weighted by Crippen LogP contribution is 2.12. The molecule has 2 heteroatoms. The van der Waals surface area contributed by atoms with E-state index < -0.39 is 0 Å². The summed E-state index contributed by atoms with van der Waals surface area (Å²) in [7, 11) is 0. The highest BCUT2D eigenvalue weighted by Gasteiger charge is 2.10. The number of hydrogen-bond donors (Lipinski definition) is 1. The minimum atomic E-state index is 0.659. The second-order valence-electron chi connectivity index (χ2n) is 5.32. The van der Waals surface area contributed by atoms with Crippen molar-refractivity contribution in [3.8, 4) is 0 Å². The summed E-state index contributed by atoms with van der Waals surface area (Å²) in [4.78, 5) is 2.54. The largest absolute Gasteiger partial charge is 0.313 e. The molecule has 0 aliphatic carbocycles. The minimum Gasteiger partial charge on any atom is -0.313 e. The summed E-state index contributed by atoms with van der Waals surface area (Å²) in [5, 5.41) is 3.47. The molecular formula is C17H30N2. The summed E-state index contributed by atoms with van der Waals surface area (Å²) in [6.45, 7) is 13.3. The first-order valence-corrected chi connectivity index (χ1v) is 7.73. The van der Waals surface area contributed by atoms with Crippen LogP contribution in [0, 0.1) is 0 Å². The molecule has 19 heavy (non-hydrogen) atoms. The van der Waals surface area contributed by atoms with Crippen molar-refractivity contribution in [1.29, 1.82) is 0 Å².